The van der Waals surface area contributed by atoms with Gasteiger partial charge in [0.2, 0.25) is 5.91 Å². The van der Waals surface area contributed by atoms with Gasteiger partial charge in [-0.1, -0.05) is 54.1 Å². The number of benzene rings is 2. The first-order valence-electron chi connectivity index (χ1n) is 6.97. The summed E-state index contributed by atoms with van der Waals surface area (Å²) < 4.78 is 0. The first kappa shape index (κ1) is 14.8. The molecule has 4 nitrogen and oxygen atoms in total. The molecule has 0 aromatic heterocycles. The maximum Gasteiger partial charge on any atom is 0.250 e. The van der Waals surface area contributed by atoms with Gasteiger partial charge in [0.15, 0.2) is 5.72 Å². The number of aliphatic hydroxyl groups is 1. The van der Waals surface area contributed by atoms with Crippen LogP contribution in [0.1, 0.15) is 17.5 Å². The van der Waals surface area contributed by atoms with Crippen LogP contribution in [0.4, 0.5) is 0 Å². The van der Waals surface area contributed by atoms with Gasteiger partial charge in [-0.15, -0.1) is 0 Å². The lowest BCUT2D eigenvalue weighted by Crippen LogP contribution is -2.44. The third-order valence-electron chi connectivity index (χ3n) is 3.66. The van der Waals surface area contributed by atoms with Crippen molar-refractivity contribution < 1.29 is 9.90 Å². The molecular formula is C17H15ClN2O2. The molecule has 0 saturated carbocycles. The van der Waals surface area contributed by atoms with Crippen LogP contribution in [0.2, 0.25) is 5.02 Å². The number of rotatable bonds is 3. The third-order valence-corrected chi connectivity index (χ3v) is 3.92. The first-order valence-corrected chi connectivity index (χ1v) is 7.35. The maximum absolute atomic E-state index is 12.5. The molecule has 1 heterocycles. The van der Waals surface area contributed by atoms with Gasteiger partial charge in [-0.05, 0) is 17.7 Å². The van der Waals surface area contributed by atoms with Crippen molar-refractivity contribution in [3.05, 3.63) is 70.7 Å². The Hall–Kier alpha value is -2.17. The molecule has 112 valence electrons. The SMILES string of the molecule is O=C(Cc1ccccc1)N1N=CC[C@@]1(O)c1ccc(Cl)cc1. The summed E-state index contributed by atoms with van der Waals surface area (Å²) >= 11 is 5.88. The largest absolute Gasteiger partial charge is 0.365 e. The van der Waals surface area contributed by atoms with E-state index < -0.39 is 5.72 Å². The summed E-state index contributed by atoms with van der Waals surface area (Å²) in [6.45, 7) is 0. The summed E-state index contributed by atoms with van der Waals surface area (Å²) in [6.07, 6.45) is 2.00. The van der Waals surface area contributed by atoms with E-state index in [2.05, 4.69) is 5.10 Å². The predicted octanol–water partition coefficient (Wildman–Crippen LogP) is 2.95. The average molecular weight is 315 g/mol. The Labute approximate surface area is 133 Å². The van der Waals surface area contributed by atoms with Gasteiger partial charge >= 0.3 is 0 Å². The van der Waals surface area contributed by atoms with Crippen LogP contribution in [0.5, 0.6) is 0 Å². The Morgan fingerprint density at radius 1 is 1.18 bits per heavy atom. The molecule has 5 heteroatoms. The maximum atomic E-state index is 12.5. The molecule has 1 aliphatic heterocycles. The van der Waals surface area contributed by atoms with Crippen LogP contribution in [-0.4, -0.2) is 22.2 Å². The summed E-state index contributed by atoms with van der Waals surface area (Å²) in [5.74, 6) is -0.252. The smallest absolute Gasteiger partial charge is 0.250 e. The van der Waals surface area contributed by atoms with Gasteiger partial charge in [0, 0.05) is 23.2 Å². The summed E-state index contributed by atoms with van der Waals surface area (Å²) in [5.41, 5.74) is 0.0278. The number of amides is 1. The molecule has 1 atom stereocenters. The fraction of sp³-hybridized carbons (Fsp3) is 0.176. The minimum absolute atomic E-state index is 0.189. The average Bonchev–Trinajstić information content (AvgIpc) is 2.92. The number of hydrogen-bond acceptors (Lipinski definition) is 3. The molecule has 0 saturated heterocycles. The Kier molecular flexibility index (Phi) is 3.96. The molecule has 0 spiro atoms. The van der Waals surface area contributed by atoms with E-state index in [9.17, 15) is 9.90 Å². The van der Waals surface area contributed by atoms with E-state index in [-0.39, 0.29) is 18.7 Å². The fourth-order valence-corrected chi connectivity index (χ4v) is 2.63. The van der Waals surface area contributed by atoms with E-state index in [4.69, 9.17) is 11.6 Å². The number of hydrogen-bond donors (Lipinski definition) is 1. The standard InChI is InChI=1S/C17H15ClN2O2/c18-15-8-6-14(7-9-15)17(22)10-11-19-20(17)16(21)12-13-4-2-1-3-5-13/h1-9,11,22H,10,12H2/t17-/m1/s1. The highest BCUT2D eigenvalue weighted by Crippen LogP contribution is 2.34. The van der Waals surface area contributed by atoms with Gasteiger partial charge in [0.25, 0.3) is 0 Å². The Bertz CT molecular complexity index is 700. The van der Waals surface area contributed by atoms with Gasteiger partial charge in [0.05, 0.1) is 6.42 Å². The molecule has 3 rings (SSSR count). The lowest BCUT2D eigenvalue weighted by molar-refractivity contribution is -0.157. The van der Waals surface area contributed by atoms with Crippen LogP contribution in [0.15, 0.2) is 59.7 Å². The van der Waals surface area contributed by atoms with Gasteiger partial charge in [0.1, 0.15) is 0 Å². The van der Waals surface area contributed by atoms with Crippen molar-refractivity contribution in [2.24, 2.45) is 5.10 Å². The summed E-state index contributed by atoms with van der Waals surface area (Å²) in [5, 5.41) is 16.7. The summed E-state index contributed by atoms with van der Waals surface area (Å²) in [4.78, 5) is 12.5. The quantitative estimate of drug-likeness (QED) is 0.947. The topological polar surface area (TPSA) is 52.9 Å². The summed E-state index contributed by atoms with van der Waals surface area (Å²) in [6, 6.07) is 16.2. The number of hydrazone groups is 1. The zero-order valence-electron chi connectivity index (χ0n) is 11.8. The van der Waals surface area contributed by atoms with Gasteiger partial charge in [-0.25, -0.2) is 0 Å². The molecule has 0 radical (unpaired) electrons. The van der Waals surface area contributed by atoms with E-state index in [0.717, 1.165) is 10.6 Å². The van der Waals surface area contributed by atoms with Crippen LogP contribution < -0.4 is 0 Å². The van der Waals surface area contributed by atoms with E-state index in [1.54, 1.807) is 30.5 Å². The third kappa shape index (κ3) is 2.75. The molecule has 2 aromatic rings. The summed E-state index contributed by atoms with van der Waals surface area (Å²) in [7, 11) is 0. The molecule has 2 aromatic carbocycles. The molecule has 1 aliphatic rings. The molecule has 0 aliphatic carbocycles. The highest BCUT2D eigenvalue weighted by molar-refractivity contribution is 6.30. The van der Waals surface area contributed by atoms with E-state index >= 15 is 0 Å². The minimum atomic E-state index is -1.45. The number of carbonyl (C=O) groups excluding carboxylic acids is 1. The Morgan fingerprint density at radius 3 is 2.55 bits per heavy atom. The van der Waals surface area contributed by atoms with E-state index in [1.165, 1.54) is 0 Å². The number of carbonyl (C=O) groups is 1. The fourth-order valence-electron chi connectivity index (χ4n) is 2.50. The molecule has 1 N–H and O–H groups in total. The van der Waals surface area contributed by atoms with Gasteiger partial charge in [-0.2, -0.15) is 10.1 Å². The highest BCUT2D eigenvalue weighted by atomic mass is 35.5. The molecule has 0 unspecified atom stereocenters. The van der Waals surface area contributed by atoms with Crippen LogP contribution in [0.3, 0.4) is 0 Å². The molecule has 0 bridgehead atoms. The van der Waals surface area contributed by atoms with Crippen molar-refractivity contribution in [1.82, 2.24) is 5.01 Å². The van der Waals surface area contributed by atoms with Crippen LogP contribution in [-0.2, 0) is 16.9 Å². The van der Waals surface area contributed by atoms with E-state index in [0.29, 0.717) is 10.6 Å². The van der Waals surface area contributed by atoms with Crippen LogP contribution in [0.25, 0.3) is 0 Å². The van der Waals surface area contributed by atoms with Gasteiger partial charge < -0.3 is 5.11 Å². The van der Waals surface area contributed by atoms with Crippen molar-refractivity contribution in [3.63, 3.8) is 0 Å². The molecule has 0 fully saturated rings. The Morgan fingerprint density at radius 2 is 1.86 bits per heavy atom. The lowest BCUT2D eigenvalue weighted by Gasteiger charge is -2.31. The lowest BCUT2D eigenvalue weighted by atomic mass is 9.99. The molecule has 22 heavy (non-hydrogen) atoms. The second kappa shape index (κ2) is 5.91. The van der Waals surface area contributed by atoms with Crippen molar-refractivity contribution in [1.29, 1.82) is 0 Å². The van der Waals surface area contributed by atoms with Crippen molar-refractivity contribution in [2.45, 2.75) is 18.6 Å². The van der Waals surface area contributed by atoms with Crippen molar-refractivity contribution in [3.8, 4) is 0 Å². The number of nitrogens with zero attached hydrogens (tertiary/aromatic N) is 2. The van der Waals surface area contributed by atoms with E-state index in [1.807, 2.05) is 30.3 Å². The number of halogens is 1. The molecular weight excluding hydrogens is 300 g/mol. The second-order valence-electron chi connectivity index (χ2n) is 5.19. The first-order chi connectivity index (χ1) is 10.6. The molecule has 1 amide bonds. The second-order valence-corrected chi connectivity index (χ2v) is 5.63. The predicted molar refractivity (Wildman–Crippen MR) is 85.4 cm³/mol. The van der Waals surface area contributed by atoms with Crippen molar-refractivity contribution in [2.75, 3.05) is 0 Å². The normalized spacial score (nSPS) is 20.4. The van der Waals surface area contributed by atoms with Gasteiger partial charge in [-0.3, -0.25) is 4.79 Å². The highest BCUT2D eigenvalue weighted by Gasteiger charge is 2.42. The van der Waals surface area contributed by atoms with Crippen LogP contribution >= 0.6 is 11.6 Å². The van der Waals surface area contributed by atoms with Crippen molar-refractivity contribution >= 4 is 23.7 Å². The monoisotopic (exact) mass is 314 g/mol. The zero-order chi connectivity index (χ0) is 15.6. The van der Waals surface area contributed by atoms with Crippen LogP contribution in [0, 0.1) is 0 Å². The Balaban J connectivity index is 1.84. The zero-order valence-corrected chi connectivity index (χ0v) is 12.6. The minimum Gasteiger partial charge on any atom is -0.365 e.